The molecule has 0 atom stereocenters. The van der Waals surface area contributed by atoms with Gasteiger partial charge in [-0.05, 0) is 60.2 Å². The van der Waals surface area contributed by atoms with Gasteiger partial charge in [-0.15, -0.1) is 0 Å². The molecule has 198 valence electrons. The van der Waals surface area contributed by atoms with Crippen LogP contribution in [0.4, 0.5) is 23.0 Å². The molecular weight excluding hydrogens is 490 g/mol. The number of piperazine rings is 1. The lowest BCUT2D eigenvalue weighted by atomic mass is 10.1. The molecule has 4 aromatic rings. The maximum absolute atomic E-state index is 12.9. The van der Waals surface area contributed by atoms with Crippen LogP contribution in [-0.4, -0.2) is 52.9 Å². The van der Waals surface area contributed by atoms with Crippen LogP contribution in [0.1, 0.15) is 22.8 Å². The van der Waals surface area contributed by atoms with Gasteiger partial charge in [0.05, 0.1) is 5.69 Å². The van der Waals surface area contributed by atoms with Gasteiger partial charge in [-0.3, -0.25) is 9.59 Å². The Balaban J connectivity index is 1.17. The van der Waals surface area contributed by atoms with Crippen molar-refractivity contribution in [2.24, 2.45) is 5.73 Å². The molecule has 1 aliphatic rings. The molecule has 4 N–H and O–H groups in total. The van der Waals surface area contributed by atoms with Crippen molar-refractivity contribution in [3.8, 4) is 11.3 Å². The van der Waals surface area contributed by atoms with Gasteiger partial charge >= 0.3 is 0 Å². The predicted octanol–water partition coefficient (Wildman–Crippen LogP) is 4.27. The molecule has 3 aromatic carbocycles. The minimum Gasteiger partial charge on any atom is -0.368 e. The van der Waals surface area contributed by atoms with Gasteiger partial charge in [0.2, 0.25) is 11.9 Å². The van der Waals surface area contributed by atoms with Crippen LogP contribution in [0.25, 0.3) is 11.3 Å². The molecule has 0 saturated carbocycles. The lowest BCUT2D eigenvalue weighted by Crippen LogP contribution is -2.48. The summed E-state index contributed by atoms with van der Waals surface area (Å²) in [7, 11) is 0. The van der Waals surface area contributed by atoms with Crippen molar-refractivity contribution in [1.29, 1.82) is 0 Å². The molecule has 1 aromatic heterocycles. The summed E-state index contributed by atoms with van der Waals surface area (Å²) < 4.78 is 0. The number of carbonyl (C=O) groups excluding carboxylic acids is 2. The van der Waals surface area contributed by atoms with Gasteiger partial charge in [-0.2, -0.15) is 0 Å². The second-order valence-electron chi connectivity index (χ2n) is 9.38. The van der Waals surface area contributed by atoms with Crippen LogP contribution in [0.5, 0.6) is 0 Å². The van der Waals surface area contributed by atoms with E-state index in [9.17, 15) is 9.59 Å². The fraction of sp³-hybridized carbons (Fsp3) is 0.200. The Labute approximate surface area is 227 Å². The largest absolute Gasteiger partial charge is 0.368 e. The average Bonchev–Trinajstić information content (AvgIpc) is 2.98. The van der Waals surface area contributed by atoms with E-state index in [-0.39, 0.29) is 11.8 Å². The molecule has 0 bridgehead atoms. The number of aromatic nitrogens is 2. The molecule has 1 aliphatic heterocycles. The maximum Gasteiger partial charge on any atom is 0.253 e. The standard InChI is InChI=1S/C30H31N7O2/c1-21(38)33-25-8-6-23(7-9-25)28-14-15-32-30(35-28)34-26-10-12-27(13-11-26)36-16-18-37(19-17-36)29(39)24-4-2-22(20-31)3-5-24/h2-15H,16-20,31H2,1H3,(H,33,38)(H,32,34,35). The molecule has 9 nitrogen and oxygen atoms in total. The van der Waals surface area contributed by atoms with E-state index in [0.717, 1.165) is 47.0 Å². The summed E-state index contributed by atoms with van der Waals surface area (Å²) in [5.41, 5.74) is 11.8. The Kier molecular flexibility index (Phi) is 7.79. The summed E-state index contributed by atoms with van der Waals surface area (Å²) in [6.07, 6.45) is 1.72. The van der Waals surface area contributed by atoms with E-state index in [1.807, 2.05) is 71.6 Å². The fourth-order valence-electron chi connectivity index (χ4n) is 4.53. The molecule has 2 heterocycles. The van der Waals surface area contributed by atoms with E-state index in [0.29, 0.717) is 31.1 Å². The molecule has 1 saturated heterocycles. The number of anilines is 4. The number of amides is 2. The van der Waals surface area contributed by atoms with Crippen LogP contribution in [0.15, 0.2) is 85.1 Å². The topological polar surface area (TPSA) is 116 Å². The number of hydrogen-bond donors (Lipinski definition) is 3. The highest BCUT2D eigenvalue weighted by atomic mass is 16.2. The molecule has 39 heavy (non-hydrogen) atoms. The summed E-state index contributed by atoms with van der Waals surface area (Å²) in [5.74, 6) is 0.450. The van der Waals surface area contributed by atoms with Crippen LogP contribution in [-0.2, 0) is 11.3 Å². The van der Waals surface area contributed by atoms with E-state index in [2.05, 4.69) is 37.6 Å². The van der Waals surface area contributed by atoms with Crippen molar-refractivity contribution in [2.45, 2.75) is 13.5 Å². The number of nitrogens with one attached hydrogen (secondary N) is 2. The first-order valence-corrected chi connectivity index (χ1v) is 12.9. The number of rotatable bonds is 7. The van der Waals surface area contributed by atoms with Crippen molar-refractivity contribution in [3.05, 3.63) is 96.2 Å². The highest BCUT2D eigenvalue weighted by Crippen LogP contribution is 2.24. The summed E-state index contributed by atoms with van der Waals surface area (Å²) in [6, 6.07) is 25.0. The smallest absolute Gasteiger partial charge is 0.253 e. The third-order valence-electron chi connectivity index (χ3n) is 6.65. The lowest BCUT2D eigenvalue weighted by molar-refractivity contribution is -0.114. The zero-order valence-corrected chi connectivity index (χ0v) is 21.8. The average molecular weight is 522 g/mol. The Morgan fingerprint density at radius 2 is 1.51 bits per heavy atom. The van der Waals surface area contributed by atoms with E-state index < -0.39 is 0 Å². The molecular formula is C30H31N7O2. The number of nitrogens with two attached hydrogens (primary N) is 1. The number of hydrogen-bond acceptors (Lipinski definition) is 7. The summed E-state index contributed by atoms with van der Waals surface area (Å²) in [4.78, 5) is 37.3. The highest BCUT2D eigenvalue weighted by molar-refractivity contribution is 5.94. The van der Waals surface area contributed by atoms with E-state index in [1.54, 1.807) is 6.20 Å². The zero-order valence-electron chi connectivity index (χ0n) is 21.8. The van der Waals surface area contributed by atoms with Crippen LogP contribution >= 0.6 is 0 Å². The second-order valence-corrected chi connectivity index (χ2v) is 9.38. The molecule has 9 heteroatoms. The summed E-state index contributed by atoms with van der Waals surface area (Å²) >= 11 is 0. The third-order valence-corrected chi connectivity index (χ3v) is 6.65. The van der Waals surface area contributed by atoms with Crippen molar-refractivity contribution in [1.82, 2.24) is 14.9 Å². The van der Waals surface area contributed by atoms with Crippen LogP contribution in [0.2, 0.25) is 0 Å². The summed E-state index contributed by atoms with van der Waals surface area (Å²) in [6.45, 7) is 4.83. The van der Waals surface area contributed by atoms with Gasteiger partial charge in [0.25, 0.3) is 5.91 Å². The first kappa shape index (κ1) is 25.9. The number of nitrogens with zero attached hydrogens (tertiary/aromatic N) is 4. The normalized spacial score (nSPS) is 13.2. The van der Waals surface area contributed by atoms with Crippen molar-refractivity contribution >= 4 is 34.8 Å². The maximum atomic E-state index is 12.9. The fourth-order valence-corrected chi connectivity index (χ4v) is 4.53. The quantitative estimate of drug-likeness (QED) is 0.333. The highest BCUT2D eigenvalue weighted by Gasteiger charge is 2.22. The first-order chi connectivity index (χ1) is 19.0. The Morgan fingerprint density at radius 3 is 2.15 bits per heavy atom. The second kappa shape index (κ2) is 11.7. The predicted molar refractivity (Wildman–Crippen MR) is 154 cm³/mol. The van der Waals surface area contributed by atoms with E-state index in [4.69, 9.17) is 5.73 Å². The van der Waals surface area contributed by atoms with Crippen LogP contribution in [0.3, 0.4) is 0 Å². The Morgan fingerprint density at radius 1 is 0.846 bits per heavy atom. The molecule has 0 radical (unpaired) electrons. The molecule has 0 spiro atoms. The van der Waals surface area contributed by atoms with E-state index >= 15 is 0 Å². The molecule has 1 fully saturated rings. The van der Waals surface area contributed by atoms with Crippen molar-refractivity contribution in [3.63, 3.8) is 0 Å². The third kappa shape index (κ3) is 6.39. The van der Waals surface area contributed by atoms with Gasteiger partial charge in [0.1, 0.15) is 0 Å². The molecule has 2 amide bonds. The summed E-state index contributed by atoms with van der Waals surface area (Å²) in [5, 5.41) is 6.04. The lowest BCUT2D eigenvalue weighted by Gasteiger charge is -2.36. The molecule has 5 rings (SSSR count). The monoisotopic (exact) mass is 521 g/mol. The molecule has 0 unspecified atom stereocenters. The van der Waals surface area contributed by atoms with Gasteiger partial charge in [-0.1, -0.05) is 24.3 Å². The Hall–Kier alpha value is -4.76. The van der Waals surface area contributed by atoms with Gasteiger partial charge < -0.3 is 26.2 Å². The SMILES string of the molecule is CC(=O)Nc1ccc(-c2ccnc(Nc3ccc(N4CCN(C(=O)c5ccc(CN)cc5)CC4)cc3)n2)cc1. The van der Waals surface area contributed by atoms with Gasteiger partial charge in [-0.25, -0.2) is 9.97 Å². The van der Waals surface area contributed by atoms with E-state index in [1.165, 1.54) is 6.92 Å². The van der Waals surface area contributed by atoms with Crippen molar-refractivity contribution in [2.75, 3.05) is 41.7 Å². The number of benzene rings is 3. The zero-order chi connectivity index (χ0) is 27.2. The molecule has 0 aliphatic carbocycles. The van der Waals surface area contributed by atoms with Gasteiger partial charge in [0, 0.05) is 74.0 Å². The van der Waals surface area contributed by atoms with Crippen molar-refractivity contribution < 1.29 is 9.59 Å². The Bertz CT molecular complexity index is 1430. The minimum atomic E-state index is -0.107. The van der Waals surface area contributed by atoms with Crippen LogP contribution in [0, 0.1) is 0 Å². The van der Waals surface area contributed by atoms with Gasteiger partial charge in [0.15, 0.2) is 0 Å². The van der Waals surface area contributed by atoms with Crippen LogP contribution < -0.4 is 21.3 Å². The minimum absolute atomic E-state index is 0.0590. The first-order valence-electron chi connectivity index (χ1n) is 12.9. The number of carbonyl (C=O) groups is 2.